The molecule has 1 aliphatic rings. The molecule has 1 aromatic carbocycles. The largest absolute Gasteiger partial charge is 0.497 e. The van der Waals surface area contributed by atoms with Crippen molar-refractivity contribution in [3.63, 3.8) is 0 Å². The van der Waals surface area contributed by atoms with Crippen LogP contribution in [0.5, 0.6) is 5.75 Å². The molecule has 0 unspecified atom stereocenters. The first-order valence-electron chi connectivity index (χ1n) is 10.4. The number of carbonyl (C=O) groups excluding carboxylic acids is 1. The van der Waals surface area contributed by atoms with E-state index in [1.54, 1.807) is 24.4 Å². The van der Waals surface area contributed by atoms with Gasteiger partial charge in [-0.1, -0.05) is 6.07 Å². The van der Waals surface area contributed by atoms with E-state index in [4.69, 9.17) is 14.8 Å². The Balaban J connectivity index is 1.69. The molecule has 0 aliphatic heterocycles. The first-order valence-corrected chi connectivity index (χ1v) is 11.2. The van der Waals surface area contributed by atoms with Crippen molar-refractivity contribution in [3.05, 3.63) is 53.0 Å². The zero-order valence-corrected chi connectivity index (χ0v) is 19.5. The lowest BCUT2D eigenvalue weighted by molar-refractivity contribution is -0.134. The fraction of sp³-hybridized carbons (Fsp3) is 0.391. The van der Waals surface area contributed by atoms with Gasteiger partial charge in [-0.3, -0.25) is 9.78 Å². The molecule has 0 N–H and O–H groups in total. The number of halogens is 1. The van der Waals surface area contributed by atoms with Crippen LogP contribution >= 0.6 is 15.9 Å². The van der Waals surface area contributed by atoms with Crippen LogP contribution in [0.2, 0.25) is 0 Å². The Bertz CT molecular complexity index is 1070. The quantitative estimate of drug-likeness (QED) is 0.535. The number of hydrogen-bond donors (Lipinski definition) is 0. The minimum atomic E-state index is 0.0909. The van der Waals surface area contributed by atoms with Gasteiger partial charge in [0.25, 0.3) is 0 Å². The molecule has 1 fully saturated rings. The molecule has 0 bridgehead atoms. The number of pyridine rings is 1. The number of carbonyl (C=O) groups is 1. The van der Waals surface area contributed by atoms with Gasteiger partial charge in [-0.05, 0) is 59.8 Å². The second-order valence-corrected chi connectivity index (χ2v) is 9.00. The molecule has 0 atom stereocenters. The van der Waals surface area contributed by atoms with E-state index >= 15 is 0 Å². The first-order chi connectivity index (χ1) is 15.0. The second-order valence-electron chi connectivity index (χ2n) is 8.08. The van der Waals surface area contributed by atoms with Crippen LogP contribution in [0.25, 0.3) is 17.1 Å². The van der Waals surface area contributed by atoms with Crippen molar-refractivity contribution >= 4 is 21.8 Å². The van der Waals surface area contributed by atoms with Gasteiger partial charge in [0, 0.05) is 54.4 Å². The highest BCUT2D eigenvalue weighted by Gasteiger charge is 2.31. The molecule has 0 saturated heterocycles. The first kappa shape index (κ1) is 21.5. The maximum Gasteiger partial charge on any atom is 0.225 e. The summed E-state index contributed by atoms with van der Waals surface area (Å²) in [6, 6.07) is 9.80. The molecule has 3 aromatic rings. The normalized spacial score (nSPS) is 18.6. The second kappa shape index (κ2) is 9.18. The summed E-state index contributed by atoms with van der Waals surface area (Å²) < 4.78 is 8.21. The molecule has 31 heavy (non-hydrogen) atoms. The summed E-state index contributed by atoms with van der Waals surface area (Å²) in [6.45, 7) is 0. The number of benzene rings is 1. The highest BCUT2D eigenvalue weighted by atomic mass is 79.9. The van der Waals surface area contributed by atoms with Crippen LogP contribution in [0.3, 0.4) is 0 Å². The highest BCUT2D eigenvalue weighted by molar-refractivity contribution is 9.10. The Kier molecular flexibility index (Phi) is 6.36. The van der Waals surface area contributed by atoms with Crippen LogP contribution in [0.1, 0.15) is 37.4 Å². The van der Waals surface area contributed by atoms with Crippen LogP contribution in [-0.2, 0) is 4.79 Å². The molecule has 1 amide bonds. The van der Waals surface area contributed by atoms with Crippen molar-refractivity contribution in [1.29, 1.82) is 0 Å². The van der Waals surface area contributed by atoms with E-state index in [0.717, 1.165) is 53.0 Å². The number of hydrogen-bond acceptors (Lipinski definition) is 5. The van der Waals surface area contributed by atoms with Crippen LogP contribution < -0.4 is 4.74 Å². The standard InChI is InChI=1S/C23H26BrN5O2/c1-28(2)23(30)16-9-7-15(8-10-16)22-26-21(17-11-18(24)14-25-13-17)27-29(22)19-5-4-6-20(12-19)31-3/h4-6,11-16H,7-10H2,1-3H3. The van der Waals surface area contributed by atoms with Crippen molar-refractivity contribution in [3.8, 4) is 22.8 Å². The molecule has 0 radical (unpaired) electrons. The summed E-state index contributed by atoms with van der Waals surface area (Å²) in [5.74, 6) is 2.86. The van der Waals surface area contributed by atoms with E-state index < -0.39 is 0 Å². The van der Waals surface area contributed by atoms with E-state index in [1.165, 1.54) is 0 Å². The molecule has 1 aliphatic carbocycles. The van der Waals surface area contributed by atoms with Crippen molar-refractivity contribution in [1.82, 2.24) is 24.6 Å². The smallest absolute Gasteiger partial charge is 0.225 e. The minimum absolute atomic E-state index is 0.0909. The maximum atomic E-state index is 12.4. The van der Waals surface area contributed by atoms with E-state index in [0.29, 0.717) is 5.82 Å². The molecular weight excluding hydrogens is 458 g/mol. The van der Waals surface area contributed by atoms with Crippen LogP contribution in [0.4, 0.5) is 0 Å². The molecule has 4 rings (SSSR count). The third-order valence-electron chi connectivity index (χ3n) is 5.78. The lowest BCUT2D eigenvalue weighted by atomic mass is 9.81. The fourth-order valence-electron chi connectivity index (χ4n) is 4.14. The Morgan fingerprint density at radius 1 is 1.16 bits per heavy atom. The van der Waals surface area contributed by atoms with Crippen molar-refractivity contribution in [2.24, 2.45) is 5.92 Å². The Morgan fingerprint density at radius 2 is 1.94 bits per heavy atom. The van der Waals surface area contributed by atoms with Crippen molar-refractivity contribution < 1.29 is 9.53 Å². The molecule has 162 valence electrons. The molecule has 8 heteroatoms. The van der Waals surface area contributed by atoms with Gasteiger partial charge in [0.2, 0.25) is 5.91 Å². The SMILES string of the molecule is COc1cccc(-n2nc(-c3cncc(Br)c3)nc2C2CCC(C(=O)N(C)C)CC2)c1. The lowest BCUT2D eigenvalue weighted by Crippen LogP contribution is -2.32. The molecule has 7 nitrogen and oxygen atoms in total. The van der Waals surface area contributed by atoms with E-state index in [-0.39, 0.29) is 17.7 Å². The number of aromatic nitrogens is 4. The van der Waals surface area contributed by atoms with Crippen LogP contribution in [0, 0.1) is 5.92 Å². The topological polar surface area (TPSA) is 73.1 Å². The number of nitrogens with zero attached hydrogens (tertiary/aromatic N) is 5. The lowest BCUT2D eigenvalue weighted by Gasteiger charge is -2.29. The summed E-state index contributed by atoms with van der Waals surface area (Å²) in [6.07, 6.45) is 7.05. The summed E-state index contributed by atoms with van der Waals surface area (Å²) in [5, 5.41) is 4.84. The Morgan fingerprint density at radius 3 is 2.61 bits per heavy atom. The highest BCUT2D eigenvalue weighted by Crippen LogP contribution is 2.37. The zero-order valence-electron chi connectivity index (χ0n) is 18.0. The molecule has 2 aromatic heterocycles. The van der Waals surface area contributed by atoms with Gasteiger partial charge in [-0.2, -0.15) is 0 Å². The average Bonchev–Trinajstić information content (AvgIpc) is 3.24. The van der Waals surface area contributed by atoms with Gasteiger partial charge in [-0.15, -0.1) is 5.10 Å². The third-order valence-corrected chi connectivity index (χ3v) is 6.21. The van der Waals surface area contributed by atoms with Crippen LogP contribution in [0.15, 0.2) is 47.2 Å². The average molecular weight is 484 g/mol. The van der Waals surface area contributed by atoms with Gasteiger partial charge in [0.1, 0.15) is 11.6 Å². The van der Waals surface area contributed by atoms with Crippen molar-refractivity contribution in [2.75, 3.05) is 21.2 Å². The third kappa shape index (κ3) is 4.63. The Hall–Kier alpha value is -2.74. The summed E-state index contributed by atoms with van der Waals surface area (Å²) in [4.78, 5) is 23.3. The van der Waals surface area contributed by atoms with E-state index in [1.807, 2.05) is 49.1 Å². The zero-order chi connectivity index (χ0) is 22.0. The predicted octanol–water partition coefficient (Wildman–Crippen LogP) is 4.46. The van der Waals surface area contributed by atoms with Gasteiger partial charge < -0.3 is 9.64 Å². The summed E-state index contributed by atoms with van der Waals surface area (Å²) in [7, 11) is 5.31. The molecule has 0 spiro atoms. The number of amides is 1. The molecular formula is C23H26BrN5O2. The Labute approximate surface area is 190 Å². The fourth-order valence-corrected chi connectivity index (χ4v) is 4.51. The molecule has 2 heterocycles. The van der Waals surface area contributed by atoms with Gasteiger partial charge in [0.05, 0.1) is 12.8 Å². The van der Waals surface area contributed by atoms with Gasteiger partial charge in [-0.25, -0.2) is 9.67 Å². The van der Waals surface area contributed by atoms with Gasteiger partial charge in [0.15, 0.2) is 5.82 Å². The maximum absolute atomic E-state index is 12.4. The number of methoxy groups -OCH3 is 1. The van der Waals surface area contributed by atoms with Gasteiger partial charge >= 0.3 is 0 Å². The minimum Gasteiger partial charge on any atom is -0.497 e. The summed E-state index contributed by atoms with van der Waals surface area (Å²) in [5.41, 5.74) is 1.76. The van der Waals surface area contributed by atoms with E-state index in [9.17, 15) is 4.79 Å². The van der Waals surface area contributed by atoms with Crippen LogP contribution in [-0.4, -0.2) is 51.8 Å². The number of rotatable bonds is 5. The summed E-state index contributed by atoms with van der Waals surface area (Å²) >= 11 is 3.48. The number of ether oxygens (including phenoxy) is 1. The molecule has 1 saturated carbocycles. The van der Waals surface area contributed by atoms with Crippen molar-refractivity contribution in [2.45, 2.75) is 31.6 Å². The predicted molar refractivity (Wildman–Crippen MR) is 122 cm³/mol. The monoisotopic (exact) mass is 483 g/mol. The van der Waals surface area contributed by atoms with E-state index in [2.05, 4.69) is 20.9 Å².